The molecule has 2 aliphatic heterocycles. The van der Waals surface area contributed by atoms with Gasteiger partial charge in [-0.1, -0.05) is 19.1 Å². The lowest BCUT2D eigenvalue weighted by Gasteiger charge is -2.49. The Kier molecular flexibility index (Phi) is 4.22. The SMILES string of the molecule is CCCN1C(=O)c2ccccc2N2C(=O)CCC12C(=O)Nc1nc(C)cs1. The van der Waals surface area contributed by atoms with Crippen LogP contribution in [0.2, 0.25) is 0 Å². The largest absolute Gasteiger partial charge is 0.307 e. The molecular formula is C19H20N4O3S. The van der Waals surface area contributed by atoms with E-state index >= 15 is 0 Å². The van der Waals surface area contributed by atoms with E-state index < -0.39 is 5.66 Å². The van der Waals surface area contributed by atoms with Crippen molar-refractivity contribution in [2.24, 2.45) is 0 Å². The van der Waals surface area contributed by atoms with Crippen LogP contribution in [0.5, 0.6) is 0 Å². The maximum Gasteiger partial charge on any atom is 0.273 e. The summed E-state index contributed by atoms with van der Waals surface area (Å²) in [5.74, 6) is -0.760. The maximum absolute atomic E-state index is 13.4. The van der Waals surface area contributed by atoms with Crippen LogP contribution in [-0.2, 0) is 9.59 Å². The van der Waals surface area contributed by atoms with Crippen molar-refractivity contribution < 1.29 is 14.4 Å². The highest BCUT2D eigenvalue weighted by Gasteiger charge is 2.60. The number of benzene rings is 1. The third kappa shape index (κ3) is 2.55. The number of amides is 3. The second kappa shape index (κ2) is 6.45. The van der Waals surface area contributed by atoms with E-state index in [9.17, 15) is 14.4 Å². The van der Waals surface area contributed by atoms with Gasteiger partial charge in [0.2, 0.25) is 11.6 Å². The third-order valence-electron chi connectivity index (χ3n) is 5.02. The van der Waals surface area contributed by atoms with Crippen molar-refractivity contribution >= 4 is 39.9 Å². The van der Waals surface area contributed by atoms with E-state index in [0.29, 0.717) is 29.3 Å². The summed E-state index contributed by atoms with van der Waals surface area (Å²) in [6.45, 7) is 4.19. The Balaban J connectivity index is 1.85. The van der Waals surface area contributed by atoms with Gasteiger partial charge in [0.1, 0.15) is 0 Å². The van der Waals surface area contributed by atoms with E-state index in [1.165, 1.54) is 16.2 Å². The fourth-order valence-corrected chi connectivity index (χ4v) is 4.60. The molecule has 27 heavy (non-hydrogen) atoms. The molecule has 1 atom stereocenters. The van der Waals surface area contributed by atoms with E-state index in [0.717, 1.165) is 5.69 Å². The van der Waals surface area contributed by atoms with Gasteiger partial charge in [0.15, 0.2) is 5.13 Å². The van der Waals surface area contributed by atoms with Gasteiger partial charge in [-0.05, 0) is 25.5 Å². The summed E-state index contributed by atoms with van der Waals surface area (Å²) < 4.78 is 0. The summed E-state index contributed by atoms with van der Waals surface area (Å²) in [6, 6.07) is 6.99. The molecule has 0 bridgehead atoms. The fourth-order valence-electron chi connectivity index (χ4n) is 3.92. The summed E-state index contributed by atoms with van der Waals surface area (Å²) in [7, 11) is 0. The van der Waals surface area contributed by atoms with Crippen molar-refractivity contribution in [1.29, 1.82) is 0 Å². The number of carbonyl (C=O) groups excluding carboxylic acids is 3. The van der Waals surface area contributed by atoms with Crippen LogP contribution in [0, 0.1) is 6.92 Å². The lowest BCUT2D eigenvalue weighted by Crippen LogP contribution is -2.69. The van der Waals surface area contributed by atoms with E-state index in [-0.39, 0.29) is 30.6 Å². The van der Waals surface area contributed by atoms with Crippen LogP contribution >= 0.6 is 11.3 Å². The topological polar surface area (TPSA) is 82.6 Å². The zero-order chi connectivity index (χ0) is 19.2. The first-order chi connectivity index (χ1) is 13.0. The highest BCUT2D eigenvalue weighted by molar-refractivity contribution is 7.13. The minimum absolute atomic E-state index is 0.151. The Labute approximate surface area is 161 Å². The molecule has 0 saturated carbocycles. The Morgan fingerprint density at radius 2 is 2.11 bits per heavy atom. The van der Waals surface area contributed by atoms with Gasteiger partial charge in [-0.3, -0.25) is 24.6 Å². The Morgan fingerprint density at radius 3 is 2.81 bits per heavy atom. The molecule has 1 N–H and O–H groups in total. The van der Waals surface area contributed by atoms with Gasteiger partial charge < -0.3 is 4.90 Å². The summed E-state index contributed by atoms with van der Waals surface area (Å²) in [4.78, 5) is 46.8. The third-order valence-corrected chi connectivity index (χ3v) is 5.90. The highest BCUT2D eigenvalue weighted by atomic mass is 32.1. The molecule has 0 radical (unpaired) electrons. The highest BCUT2D eigenvalue weighted by Crippen LogP contribution is 2.45. The number of anilines is 2. The number of aromatic nitrogens is 1. The lowest BCUT2D eigenvalue weighted by atomic mass is 9.95. The van der Waals surface area contributed by atoms with Crippen LogP contribution in [0.1, 0.15) is 42.2 Å². The van der Waals surface area contributed by atoms with Crippen molar-refractivity contribution in [2.75, 3.05) is 16.8 Å². The molecule has 1 aromatic heterocycles. The molecule has 1 fully saturated rings. The number of para-hydroxylation sites is 1. The molecule has 3 heterocycles. The molecular weight excluding hydrogens is 364 g/mol. The van der Waals surface area contributed by atoms with Crippen molar-refractivity contribution in [1.82, 2.24) is 9.88 Å². The fraction of sp³-hybridized carbons (Fsp3) is 0.368. The quantitative estimate of drug-likeness (QED) is 0.879. The van der Waals surface area contributed by atoms with Gasteiger partial charge in [-0.25, -0.2) is 4.98 Å². The lowest BCUT2D eigenvalue weighted by molar-refractivity contribution is -0.128. The summed E-state index contributed by atoms with van der Waals surface area (Å²) >= 11 is 1.32. The summed E-state index contributed by atoms with van der Waals surface area (Å²) in [5, 5.41) is 5.15. The van der Waals surface area contributed by atoms with Gasteiger partial charge in [-0.15, -0.1) is 11.3 Å². The zero-order valence-electron chi connectivity index (χ0n) is 15.2. The van der Waals surface area contributed by atoms with Gasteiger partial charge in [-0.2, -0.15) is 0 Å². The smallest absolute Gasteiger partial charge is 0.273 e. The number of hydrogen-bond acceptors (Lipinski definition) is 5. The van der Waals surface area contributed by atoms with Gasteiger partial charge in [0, 0.05) is 24.8 Å². The average Bonchev–Trinajstić information content (AvgIpc) is 3.22. The Morgan fingerprint density at radius 1 is 1.33 bits per heavy atom. The molecule has 2 aromatic rings. The predicted octanol–water partition coefficient (Wildman–Crippen LogP) is 2.78. The van der Waals surface area contributed by atoms with Crippen molar-refractivity contribution in [3.63, 3.8) is 0 Å². The number of rotatable bonds is 4. The summed E-state index contributed by atoms with van der Waals surface area (Å²) in [6.07, 6.45) is 1.16. The first kappa shape index (κ1) is 17.7. The predicted molar refractivity (Wildman–Crippen MR) is 103 cm³/mol. The Hall–Kier alpha value is -2.74. The number of nitrogens with one attached hydrogen (secondary N) is 1. The maximum atomic E-state index is 13.4. The van der Waals surface area contributed by atoms with E-state index in [1.807, 2.05) is 19.2 Å². The number of fused-ring (bicyclic) bond motifs is 3. The molecule has 0 spiro atoms. The Bertz CT molecular complexity index is 941. The number of nitrogens with zero attached hydrogens (tertiary/aromatic N) is 3. The van der Waals surface area contributed by atoms with Crippen LogP contribution in [0.25, 0.3) is 0 Å². The van der Waals surface area contributed by atoms with Crippen molar-refractivity contribution in [3.05, 3.63) is 40.9 Å². The van der Waals surface area contributed by atoms with E-state index in [2.05, 4.69) is 10.3 Å². The minimum Gasteiger partial charge on any atom is -0.307 e. The molecule has 0 aliphatic carbocycles. The molecule has 140 valence electrons. The first-order valence-electron chi connectivity index (χ1n) is 8.96. The van der Waals surface area contributed by atoms with Crippen LogP contribution in [0.3, 0.4) is 0 Å². The normalized spacial score (nSPS) is 21.3. The average molecular weight is 384 g/mol. The van der Waals surface area contributed by atoms with Crippen molar-refractivity contribution in [2.45, 2.75) is 38.8 Å². The van der Waals surface area contributed by atoms with Crippen LogP contribution < -0.4 is 10.2 Å². The van der Waals surface area contributed by atoms with Crippen LogP contribution in [0.15, 0.2) is 29.6 Å². The van der Waals surface area contributed by atoms with Crippen molar-refractivity contribution in [3.8, 4) is 0 Å². The molecule has 3 amide bonds. The zero-order valence-corrected chi connectivity index (χ0v) is 16.0. The number of thiazole rings is 1. The van der Waals surface area contributed by atoms with Gasteiger partial charge >= 0.3 is 0 Å². The van der Waals surface area contributed by atoms with Crippen LogP contribution in [0.4, 0.5) is 10.8 Å². The monoisotopic (exact) mass is 384 g/mol. The van der Waals surface area contributed by atoms with E-state index in [1.54, 1.807) is 29.2 Å². The second-order valence-electron chi connectivity index (χ2n) is 6.77. The molecule has 8 heteroatoms. The molecule has 7 nitrogen and oxygen atoms in total. The standard InChI is InChI=1S/C19H20N4O3S/c1-3-10-22-16(25)13-6-4-5-7-14(13)23-15(24)8-9-19(22,23)17(26)21-18-20-12(2)11-27-18/h4-7,11H,3,8-10H2,1-2H3,(H,20,21,26). The molecule has 1 aromatic carbocycles. The van der Waals surface area contributed by atoms with E-state index in [4.69, 9.17) is 0 Å². The second-order valence-corrected chi connectivity index (χ2v) is 7.63. The van der Waals surface area contributed by atoms with Gasteiger partial charge in [0.05, 0.1) is 16.9 Å². The van der Waals surface area contributed by atoms with Gasteiger partial charge in [0.25, 0.3) is 11.8 Å². The first-order valence-corrected chi connectivity index (χ1v) is 9.84. The molecule has 2 aliphatic rings. The number of carbonyl (C=O) groups is 3. The number of hydrogen-bond donors (Lipinski definition) is 1. The number of aryl methyl sites for hydroxylation is 1. The minimum atomic E-state index is -1.35. The molecule has 1 saturated heterocycles. The summed E-state index contributed by atoms with van der Waals surface area (Å²) in [5.41, 5.74) is 0.415. The molecule has 1 unspecified atom stereocenters. The van der Waals surface area contributed by atoms with Crippen LogP contribution in [-0.4, -0.2) is 39.8 Å². The molecule has 4 rings (SSSR count).